The van der Waals surface area contributed by atoms with Crippen LogP contribution >= 0.6 is 34.8 Å². The molecule has 0 unspecified atom stereocenters. The Bertz CT molecular complexity index is 753. The molecular formula is C15H8Cl3NO. The van der Waals surface area contributed by atoms with Crippen molar-refractivity contribution in [3.63, 3.8) is 0 Å². The van der Waals surface area contributed by atoms with Gasteiger partial charge in [0.15, 0.2) is 5.76 Å². The maximum atomic E-state index is 6.19. The fourth-order valence-electron chi connectivity index (χ4n) is 1.89. The van der Waals surface area contributed by atoms with Crippen molar-refractivity contribution in [3.05, 3.63) is 63.6 Å². The quantitative estimate of drug-likeness (QED) is 0.543. The summed E-state index contributed by atoms with van der Waals surface area (Å²) in [7, 11) is 0. The molecule has 0 N–H and O–H groups in total. The van der Waals surface area contributed by atoms with Crippen molar-refractivity contribution in [3.8, 4) is 22.6 Å². The zero-order chi connectivity index (χ0) is 14.1. The number of rotatable bonds is 2. The lowest BCUT2D eigenvalue weighted by molar-refractivity contribution is 0.435. The maximum absolute atomic E-state index is 6.19. The Morgan fingerprint density at radius 1 is 0.850 bits per heavy atom. The Morgan fingerprint density at radius 3 is 2.30 bits per heavy atom. The molecule has 5 heteroatoms. The topological polar surface area (TPSA) is 26.0 Å². The standard InChI is InChI=1S/C15H8Cl3NO/c16-10-6-7-11(17)15(18)14(10)12-8-13(20-19-12)9-4-2-1-3-5-9/h1-8H. The summed E-state index contributed by atoms with van der Waals surface area (Å²) >= 11 is 18.4. The van der Waals surface area contributed by atoms with E-state index in [4.69, 9.17) is 39.3 Å². The molecule has 2 nitrogen and oxygen atoms in total. The SMILES string of the molecule is Clc1ccc(Cl)c(-c2cc(-c3ccccc3)on2)c1Cl. The molecule has 0 saturated carbocycles. The second-order valence-electron chi connectivity index (χ2n) is 4.16. The van der Waals surface area contributed by atoms with E-state index in [0.717, 1.165) is 5.56 Å². The summed E-state index contributed by atoms with van der Waals surface area (Å²) in [5, 5.41) is 5.30. The van der Waals surface area contributed by atoms with Crippen LogP contribution in [0.2, 0.25) is 15.1 Å². The van der Waals surface area contributed by atoms with Crippen LogP contribution in [0.3, 0.4) is 0 Å². The molecule has 0 amide bonds. The van der Waals surface area contributed by atoms with Crippen LogP contribution in [0.4, 0.5) is 0 Å². The van der Waals surface area contributed by atoms with E-state index in [9.17, 15) is 0 Å². The normalized spacial score (nSPS) is 10.8. The molecule has 0 saturated heterocycles. The molecule has 20 heavy (non-hydrogen) atoms. The van der Waals surface area contributed by atoms with Crippen molar-refractivity contribution in [1.82, 2.24) is 5.16 Å². The third-order valence-corrected chi connectivity index (χ3v) is 3.99. The fraction of sp³-hybridized carbons (Fsp3) is 0. The fourth-order valence-corrected chi connectivity index (χ4v) is 2.62. The summed E-state index contributed by atoms with van der Waals surface area (Å²) in [5.74, 6) is 0.646. The molecule has 3 aromatic rings. The first kappa shape index (κ1) is 13.5. The van der Waals surface area contributed by atoms with Crippen molar-refractivity contribution in [1.29, 1.82) is 0 Å². The Kier molecular flexibility index (Phi) is 3.70. The summed E-state index contributed by atoms with van der Waals surface area (Å²) in [4.78, 5) is 0. The molecular weight excluding hydrogens is 317 g/mol. The van der Waals surface area contributed by atoms with E-state index < -0.39 is 0 Å². The zero-order valence-corrected chi connectivity index (χ0v) is 12.4. The van der Waals surface area contributed by atoms with Crippen molar-refractivity contribution in [2.45, 2.75) is 0 Å². The van der Waals surface area contributed by atoms with Gasteiger partial charge in [-0.2, -0.15) is 0 Å². The molecule has 1 aromatic heterocycles. The van der Waals surface area contributed by atoms with E-state index in [0.29, 0.717) is 32.1 Å². The van der Waals surface area contributed by atoms with Crippen LogP contribution in [0.5, 0.6) is 0 Å². The van der Waals surface area contributed by atoms with Crippen LogP contribution in [-0.2, 0) is 0 Å². The highest BCUT2D eigenvalue weighted by Gasteiger charge is 2.16. The van der Waals surface area contributed by atoms with Gasteiger partial charge in [0, 0.05) is 17.2 Å². The molecule has 0 fully saturated rings. The molecule has 0 atom stereocenters. The van der Waals surface area contributed by atoms with Gasteiger partial charge in [0.2, 0.25) is 0 Å². The first-order valence-corrected chi connectivity index (χ1v) is 6.96. The van der Waals surface area contributed by atoms with Crippen LogP contribution in [0.1, 0.15) is 0 Å². The smallest absolute Gasteiger partial charge is 0.167 e. The predicted molar refractivity (Wildman–Crippen MR) is 82.4 cm³/mol. The van der Waals surface area contributed by atoms with E-state index in [1.165, 1.54) is 0 Å². The van der Waals surface area contributed by atoms with E-state index in [1.807, 2.05) is 30.3 Å². The maximum Gasteiger partial charge on any atom is 0.167 e. The minimum atomic E-state index is 0.368. The number of nitrogens with zero attached hydrogens (tertiary/aromatic N) is 1. The molecule has 2 aromatic carbocycles. The largest absolute Gasteiger partial charge is 0.356 e. The molecule has 0 aliphatic carbocycles. The van der Waals surface area contributed by atoms with Gasteiger partial charge < -0.3 is 4.52 Å². The molecule has 0 spiro atoms. The number of hydrogen-bond acceptors (Lipinski definition) is 2. The molecule has 0 aliphatic rings. The third kappa shape index (κ3) is 2.42. The number of benzene rings is 2. The van der Waals surface area contributed by atoms with Gasteiger partial charge in [0.1, 0.15) is 5.69 Å². The van der Waals surface area contributed by atoms with Crippen LogP contribution in [0.15, 0.2) is 53.1 Å². The van der Waals surface area contributed by atoms with Gasteiger partial charge in [-0.3, -0.25) is 0 Å². The Morgan fingerprint density at radius 2 is 1.55 bits per heavy atom. The van der Waals surface area contributed by atoms with E-state index >= 15 is 0 Å². The first-order chi connectivity index (χ1) is 9.66. The monoisotopic (exact) mass is 323 g/mol. The lowest BCUT2D eigenvalue weighted by Crippen LogP contribution is -1.82. The van der Waals surface area contributed by atoms with Crippen molar-refractivity contribution in [2.24, 2.45) is 0 Å². The van der Waals surface area contributed by atoms with Crippen molar-refractivity contribution in [2.75, 3.05) is 0 Å². The second kappa shape index (κ2) is 5.49. The number of aromatic nitrogens is 1. The lowest BCUT2D eigenvalue weighted by atomic mass is 10.1. The van der Waals surface area contributed by atoms with Gasteiger partial charge >= 0.3 is 0 Å². The van der Waals surface area contributed by atoms with E-state index in [2.05, 4.69) is 5.16 Å². The van der Waals surface area contributed by atoms with Crippen LogP contribution in [0.25, 0.3) is 22.6 Å². The third-order valence-electron chi connectivity index (χ3n) is 2.87. The van der Waals surface area contributed by atoms with Gasteiger partial charge in [-0.1, -0.05) is 70.3 Å². The van der Waals surface area contributed by atoms with Crippen LogP contribution in [-0.4, -0.2) is 5.16 Å². The average molecular weight is 325 g/mol. The van der Waals surface area contributed by atoms with Crippen LogP contribution in [0, 0.1) is 0 Å². The predicted octanol–water partition coefficient (Wildman–Crippen LogP) is 5.97. The summed E-state index contributed by atoms with van der Waals surface area (Å²) in [5.41, 5.74) is 2.06. The van der Waals surface area contributed by atoms with Gasteiger partial charge in [-0.15, -0.1) is 0 Å². The van der Waals surface area contributed by atoms with E-state index in [1.54, 1.807) is 18.2 Å². The lowest BCUT2D eigenvalue weighted by Gasteiger charge is -2.04. The molecule has 1 heterocycles. The number of halogens is 3. The highest BCUT2D eigenvalue weighted by Crippen LogP contribution is 2.39. The van der Waals surface area contributed by atoms with Gasteiger partial charge in [-0.05, 0) is 12.1 Å². The minimum Gasteiger partial charge on any atom is -0.356 e. The summed E-state index contributed by atoms with van der Waals surface area (Å²) in [6.45, 7) is 0. The summed E-state index contributed by atoms with van der Waals surface area (Å²) in [6.07, 6.45) is 0. The highest BCUT2D eigenvalue weighted by molar-refractivity contribution is 6.46. The molecule has 0 radical (unpaired) electrons. The second-order valence-corrected chi connectivity index (χ2v) is 5.35. The first-order valence-electron chi connectivity index (χ1n) is 5.83. The Labute approximate surface area is 130 Å². The van der Waals surface area contributed by atoms with Crippen molar-refractivity contribution < 1.29 is 4.52 Å². The Hall–Kier alpha value is -1.48. The van der Waals surface area contributed by atoms with E-state index in [-0.39, 0.29) is 0 Å². The zero-order valence-electron chi connectivity index (χ0n) is 10.1. The number of hydrogen-bond donors (Lipinski definition) is 0. The average Bonchev–Trinajstić information content (AvgIpc) is 2.94. The van der Waals surface area contributed by atoms with Crippen molar-refractivity contribution >= 4 is 34.8 Å². The summed E-state index contributed by atoms with van der Waals surface area (Å²) < 4.78 is 5.34. The molecule has 0 bridgehead atoms. The molecule has 100 valence electrons. The van der Waals surface area contributed by atoms with Gasteiger partial charge in [0.25, 0.3) is 0 Å². The minimum absolute atomic E-state index is 0.368. The van der Waals surface area contributed by atoms with Gasteiger partial charge in [-0.25, -0.2) is 0 Å². The van der Waals surface area contributed by atoms with Crippen LogP contribution < -0.4 is 0 Å². The van der Waals surface area contributed by atoms with Gasteiger partial charge in [0.05, 0.1) is 15.1 Å². The summed E-state index contributed by atoms with van der Waals surface area (Å²) in [6, 6.07) is 14.8. The Balaban J connectivity index is 2.10. The molecule has 0 aliphatic heterocycles. The highest BCUT2D eigenvalue weighted by atomic mass is 35.5. The molecule has 3 rings (SSSR count).